The molecule has 160 valence electrons. The van der Waals surface area contributed by atoms with Crippen LogP contribution in [0.1, 0.15) is 32.6 Å². The zero-order chi connectivity index (χ0) is 22.7. The maximum atomic E-state index is 13.2. The number of aromatic nitrogens is 2. The first-order valence-electron chi connectivity index (χ1n) is 10.3. The minimum absolute atomic E-state index is 0.126. The fraction of sp³-hybridized carbons (Fsp3) is 0.160. The maximum Gasteiger partial charge on any atom is 0.259 e. The second-order valence-electron chi connectivity index (χ2n) is 7.71. The van der Waals surface area contributed by atoms with Crippen LogP contribution in [0.2, 0.25) is 0 Å². The Labute approximate surface area is 186 Å². The lowest BCUT2D eigenvalue weighted by atomic mass is 9.91. The zero-order valence-electron chi connectivity index (χ0n) is 17.8. The maximum absolute atomic E-state index is 13.2. The number of rotatable bonds is 5. The molecule has 7 nitrogen and oxygen atoms in total. The largest absolute Gasteiger partial charge is 0.405 e. The molecule has 0 spiro atoms. The molecule has 2 heterocycles. The molecule has 1 amide bonds. The zero-order valence-corrected chi connectivity index (χ0v) is 17.8. The van der Waals surface area contributed by atoms with E-state index < -0.39 is 0 Å². The highest BCUT2D eigenvalue weighted by Gasteiger charge is 2.28. The van der Waals surface area contributed by atoms with Gasteiger partial charge in [-0.05, 0) is 78.6 Å². The molecule has 0 aliphatic carbocycles. The van der Waals surface area contributed by atoms with Gasteiger partial charge in [-0.3, -0.25) is 9.69 Å². The van der Waals surface area contributed by atoms with E-state index in [1.54, 1.807) is 6.20 Å². The molecule has 32 heavy (non-hydrogen) atoms. The molecule has 4 N–H and O–H groups in total. The Kier molecular flexibility index (Phi) is 5.77. The summed E-state index contributed by atoms with van der Waals surface area (Å²) >= 11 is 0. The third-order valence-corrected chi connectivity index (χ3v) is 5.69. The molecular formula is C25H24N6O. The fourth-order valence-electron chi connectivity index (χ4n) is 3.95. The van der Waals surface area contributed by atoms with Crippen molar-refractivity contribution >= 4 is 5.91 Å². The first kappa shape index (κ1) is 20.9. The molecule has 1 aromatic heterocycles. The highest BCUT2D eigenvalue weighted by atomic mass is 16.2. The lowest BCUT2D eigenvalue weighted by Gasteiger charge is -2.30. The highest BCUT2D eigenvalue weighted by molar-refractivity contribution is 5.98. The predicted molar refractivity (Wildman–Crippen MR) is 122 cm³/mol. The number of fused-ring (bicyclic) bond motifs is 1. The molecule has 7 heteroatoms. The molecular weight excluding hydrogens is 400 g/mol. The van der Waals surface area contributed by atoms with E-state index in [-0.39, 0.29) is 17.3 Å². The van der Waals surface area contributed by atoms with Gasteiger partial charge in [0.2, 0.25) is 0 Å². The average molecular weight is 425 g/mol. The van der Waals surface area contributed by atoms with Gasteiger partial charge in [0.25, 0.3) is 5.91 Å². The van der Waals surface area contributed by atoms with Crippen LogP contribution in [0.3, 0.4) is 0 Å². The quantitative estimate of drug-likeness (QED) is 0.483. The van der Waals surface area contributed by atoms with Crippen LogP contribution in [0.5, 0.6) is 0 Å². The summed E-state index contributed by atoms with van der Waals surface area (Å²) in [7, 11) is 0. The van der Waals surface area contributed by atoms with Crippen LogP contribution in [-0.2, 0) is 12.8 Å². The van der Waals surface area contributed by atoms with E-state index in [2.05, 4.69) is 30.2 Å². The van der Waals surface area contributed by atoms with Gasteiger partial charge in [0.15, 0.2) is 0 Å². The minimum Gasteiger partial charge on any atom is -0.405 e. The molecule has 0 unspecified atom stereocenters. The van der Waals surface area contributed by atoms with Gasteiger partial charge in [-0.25, -0.2) is 4.68 Å². The molecule has 2 aromatic carbocycles. The van der Waals surface area contributed by atoms with E-state index in [1.165, 1.54) is 17.2 Å². The first-order valence-corrected chi connectivity index (χ1v) is 10.3. The predicted octanol–water partition coefficient (Wildman–Crippen LogP) is 2.94. The van der Waals surface area contributed by atoms with E-state index in [9.17, 15) is 10.1 Å². The van der Waals surface area contributed by atoms with E-state index >= 15 is 0 Å². The number of allylic oxidation sites excluding steroid dienone is 2. The van der Waals surface area contributed by atoms with Gasteiger partial charge in [-0.1, -0.05) is 18.2 Å². The Balaban J connectivity index is 1.62. The van der Waals surface area contributed by atoms with Crippen LogP contribution in [0.25, 0.3) is 5.69 Å². The monoisotopic (exact) mass is 424 g/mol. The summed E-state index contributed by atoms with van der Waals surface area (Å²) in [5.41, 5.74) is 17.7. The minimum atomic E-state index is -0.197. The van der Waals surface area contributed by atoms with Crippen LogP contribution in [0.15, 0.2) is 78.5 Å². The summed E-state index contributed by atoms with van der Waals surface area (Å²) in [6, 6.07) is 16.1. The number of benzene rings is 2. The lowest BCUT2D eigenvalue weighted by molar-refractivity contribution is 0.0789. The fourth-order valence-corrected chi connectivity index (χ4v) is 3.95. The Bertz CT molecular complexity index is 1250. The van der Waals surface area contributed by atoms with Crippen LogP contribution in [0, 0.1) is 18.3 Å². The van der Waals surface area contributed by atoms with Crippen molar-refractivity contribution in [2.24, 2.45) is 11.5 Å². The third-order valence-electron chi connectivity index (χ3n) is 5.69. The normalized spacial score (nSPS) is 14.2. The van der Waals surface area contributed by atoms with E-state index in [4.69, 9.17) is 11.5 Å². The summed E-state index contributed by atoms with van der Waals surface area (Å²) in [6.07, 6.45) is 7.68. The SMILES string of the molecule is Cc1cc2c(cc1Cc1ccc(-n3cccn3)cc1)C(=O)N(/C(N)=C(C#N)/C=C\N)CC2. The van der Waals surface area contributed by atoms with Gasteiger partial charge >= 0.3 is 0 Å². The topological polar surface area (TPSA) is 114 Å². The number of carbonyl (C=O) groups excluding carboxylic acids is 1. The Morgan fingerprint density at radius 2 is 2.06 bits per heavy atom. The summed E-state index contributed by atoms with van der Waals surface area (Å²) in [5, 5.41) is 13.6. The van der Waals surface area contributed by atoms with Crippen molar-refractivity contribution in [1.82, 2.24) is 14.7 Å². The Hall–Kier alpha value is -4.31. The van der Waals surface area contributed by atoms with Crippen molar-refractivity contribution < 1.29 is 4.79 Å². The van der Waals surface area contributed by atoms with Crippen molar-refractivity contribution in [1.29, 1.82) is 5.26 Å². The van der Waals surface area contributed by atoms with E-state index in [0.29, 0.717) is 24.9 Å². The second-order valence-corrected chi connectivity index (χ2v) is 7.71. The van der Waals surface area contributed by atoms with Crippen molar-refractivity contribution in [3.63, 3.8) is 0 Å². The first-order chi connectivity index (χ1) is 15.5. The number of nitrogens with zero attached hydrogens (tertiary/aromatic N) is 4. The van der Waals surface area contributed by atoms with Crippen LogP contribution >= 0.6 is 0 Å². The smallest absolute Gasteiger partial charge is 0.259 e. The van der Waals surface area contributed by atoms with E-state index in [1.807, 2.05) is 41.2 Å². The van der Waals surface area contributed by atoms with Gasteiger partial charge in [0, 0.05) is 24.5 Å². The number of hydrogen-bond acceptors (Lipinski definition) is 5. The van der Waals surface area contributed by atoms with Crippen LogP contribution in [0.4, 0.5) is 0 Å². The summed E-state index contributed by atoms with van der Waals surface area (Å²) in [5.74, 6) is -0.0709. The molecule has 0 saturated carbocycles. The molecule has 0 fully saturated rings. The molecule has 3 aromatic rings. The van der Waals surface area contributed by atoms with Gasteiger partial charge in [0.05, 0.1) is 11.3 Å². The number of nitriles is 1. The second kappa shape index (κ2) is 8.82. The summed E-state index contributed by atoms with van der Waals surface area (Å²) in [4.78, 5) is 14.7. The van der Waals surface area contributed by atoms with Crippen molar-refractivity contribution in [3.8, 4) is 11.8 Å². The van der Waals surface area contributed by atoms with Gasteiger partial charge in [-0.15, -0.1) is 0 Å². The summed E-state index contributed by atoms with van der Waals surface area (Å²) in [6.45, 7) is 2.49. The average Bonchev–Trinajstić information content (AvgIpc) is 3.34. The molecule has 0 atom stereocenters. The van der Waals surface area contributed by atoms with Gasteiger partial charge < -0.3 is 11.5 Å². The molecule has 0 saturated heterocycles. The highest BCUT2D eigenvalue weighted by Crippen LogP contribution is 2.27. The van der Waals surface area contributed by atoms with Crippen molar-refractivity contribution in [2.75, 3.05) is 6.54 Å². The number of aryl methyl sites for hydroxylation is 1. The number of carbonyl (C=O) groups is 1. The number of nitrogens with two attached hydrogens (primary N) is 2. The summed E-state index contributed by atoms with van der Waals surface area (Å²) < 4.78 is 1.81. The molecule has 1 aliphatic rings. The number of amides is 1. The number of hydrogen-bond donors (Lipinski definition) is 2. The standard InChI is InChI=1S/C25H24N6O/c1-17-13-19-8-12-30(24(28)20(16-27)7-9-26)25(32)23(19)15-21(17)14-18-3-5-22(6-4-18)31-11-2-10-29-31/h2-7,9-11,13,15H,8,12,14,26,28H2,1H3/b9-7-,24-20-. The van der Waals surface area contributed by atoms with Crippen molar-refractivity contribution in [2.45, 2.75) is 19.8 Å². The molecule has 0 bridgehead atoms. The van der Waals surface area contributed by atoms with Crippen molar-refractivity contribution in [3.05, 3.63) is 106 Å². The Morgan fingerprint density at radius 3 is 2.72 bits per heavy atom. The third kappa shape index (κ3) is 3.98. The van der Waals surface area contributed by atoms with Gasteiger partial charge in [0.1, 0.15) is 11.9 Å². The Morgan fingerprint density at radius 1 is 1.28 bits per heavy atom. The van der Waals surface area contributed by atoms with Crippen LogP contribution in [-0.4, -0.2) is 27.1 Å². The van der Waals surface area contributed by atoms with Gasteiger partial charge in [-0.2, -0.15) is 10.4 Å². The molecule has 0 radical (unpaired) electrons. The molecule has 4 rings (SSSR count). The van der Waals surface area contributed by atoms with Crippen LogP contribution < -0.4 is 11.5 Å². The van der Waals surface area contributed by atoms with E-state index in [0.717, 1.165) is 27.9 Å². The lowest BCUT2D eigenvalue weighted by Crippen LogP contribution is -2.40. The molecule has 1 aliphatic heterocycles.